The molecule has 0 aromatic heterocycles. The summed E-state index contributed by atoms with van der Waals surface area (Å²) in [5.41, 5.74) is 1.49. The van der Waals surface area contributed by atoms with Crippen molar-refractivity contribution in [1.29, 1.82) is 0 Å². The van der Waals surface area contributed by atoms with Crippen molar-refractivity contribution in [3.05, 3.63) is 58.9 Å². The van der Waals surface area contributed by atoms with Crippen LogP contribution in [0.25, 0.3) is 0 Å². The molecular weight excluding hydrogens is 293 g/mol. The Kier molecular flexibility index (Phi) is 4.81. The van der Waals surface area contributed by atoms with E-state index in [9.17, 15) is 9.18 Å². The van der Waals surface area contributed by atoms with Gasteiger partial charge in [0.05, 0.1) is 5.02 Å². The summed E-state index contributed by atoms with van der Waals surface area (Å²) in [6.07, 6.45) is -0.727. The van der Waals surface area contributed by atoms with Gasteiger partial charge < -0.3 is 10.1 Å². The van der Waals surface area contributed by atoms with Crippen molar-refractivity contribution >= 4 is 23.2 Å². The number of anilines is 1. The zero-order valence-electron chi connectivity index (χ0n) is 11.7. The molecule has 0 saturated heterocycles. The molecule has 0 radical (unpaired) electrons. The number of hydrogen-bond donors (Lipinski definition) is 1. The molecule has 5 heteroatoms. The molecule has 0 unspecified atom stereocenters. The first-order valence-corrected chi connectivity index (χ1v) is 6.83. The molecule has 2 aromatic rings. The van der Waals surface area contributed by atoms with Gasteiger partial charge >= 0.3 is 0 Å². The molecule has 0 aliphatic heterocycles. The number of halogens is 2. The second kappa shape index (κ2) is 6.59. The normalized spacial score (nSPS) is 11.8. The van der Waals surface area contributed by atoms with Gasteiger partial charge in [-0.05, 0) is 55.8 Å². The number of carbonyl (C=O) groups is 1. The highest BCUT2D eigenvalue weighted by Crippen LogP contribution is 2.26. The Morgan fingerprint density at radius 2 is 1.90 bits per heavy atom. The van der Waals surface area contributed by atoms with E-state index in [2.05, 4.69) is 5.32 Å². The van der Waals surface area contributed by atoms with E-state index in [1.165, 1.54) is 24.3 Å². The lowest BCUT2D eigenvalue weighted by molar-refractivity contribution is -0.122. The van der Waals surface area contributed by atoms with E-state index in [0.29, 0.717) is 16.5 Å². The number of benzene rings is 2. The molecule has 2 rings (SSSR count). The number of amides is 1. The maximum atomic E-state index is 12.8. The Bertz CT molecular complexity index is 643. The van der Waals surface area contributed by atoms with Crippen molar-refractivity contribution in [1.82, 2.24) is 0 Å². The monoisotopic (exact) mass is 307 g/mol. The van der Waals surface area contributed by atoms with Crippen molar-refractivity contribution in [3.8, 4) is 5.75 Å². The highest BCUT2D eigenvalue weighted by atomic mass is 35.5. The second-order valence-corrected chi connectivity index (χ2v) is 5.10. The first-order chi connectivity index (χ1) is 9.95. The molecule has 0 spiro atoms. The molecule has 0 bridgehead atoms. The Hall–Kier alpha value is -2.07. The Balaban J connectivity index is 2.02. The van der Waals surface area contributed by atoms with E-state index in [0.717, 1.165) is 5.56 Å². The van der Waals surface area contributed by atoms with E-state index in [4.69, 9.17) is 16.3 Å². The number of aryl methyl sites for hydroxylation is 1. The minimum atomic E-state index is -0.727. The van der Waals surface area contributed by atoms with Crippen LogP contribution in [0.2, 0.25) is 5.02 Å². The van der Waals surface area contributed by atoms with Crippen molar-refractivity contribution in [3.63, 3.8) is 0 Å². The molecular formula is C16H15ClFNO2. The van der Waals surface area contributed by atoms with E-state index >= 15 is 0 Å². The third-order valence-corrected chi connectivity index (χ3v) is 3.18. The fraction of sp³-hybridized carbons (Fsp3) is 0.188. The predicted octanol–water partition coefficient (Wildman–Crippen LogP) is 4.19. The van der Waals surface area contributed by atoms with Crippen LogP contribution in [0, 0.1) is 12.7 Å². The first-order valence-electron chi connectivity index (χ1n) is 6.45. The summed E-state index contributed by atoms with van der Waals surface area (Å²) in [6, 6.07) is 10.9. The lowest BCUT2D eigenvalue weighted by Crippen LogP contribution is -2.30. The highest BCUT2D eigenvalue weighted by Gasteiger charge is 2.16. The standard InChI is InChI=1S/C16H15ClFNO2/c1-10-3-8-14(17)15(9-10)21-11(2)16(20)19-13-6-4-12(18)5-7-13/h3-9,11H,1-2H3,(H,19,20)/t11-/m0/s1. The topological polar surface area (TPSA) is 38.3 Å². The number of carbonyl (C=O) groups excluding carboxylic acids is 1. The van der Waals surface area contributed by atoms with Gasteiger partial charge in [-0.25, -0.2) is 4.39 Å². The van der Waals surface area contributed by atoms with Crippen LogP contribution >= 0.6 is 11.6 Å². The summed E-state index contributed by atoms with van der Waals surface area (Å²) in [5, 5.41) is 3.10. The summed E-state index contributed by atoms with van der Waals surface area (Å²) < 4.78 is 18.4. The third kappa shape index (κ3) is 4.20. The van der Waals surface area contributed by atoms with Gasteiger partial charge in [-0.1, -0.05) is 17.7 Å². The smallest absolute Gasteiger partial charge is 0.265 e. The Labute approximate surface area is 127 Å². The van der Waals surface area contributed by atoms with Gasteiger partial charge in [-0.15, -0.1) is 0 Å². The quantitative estimate of drug-likeness (QED) is 0.919. The van der Waals surface area contributed by atoms with Gasteiger partial charge in [0.2, 0.25) is 0 Å². The van der Waals surface area contributed by atoms with E-state index in [1.807, 2.05) is 13.0 Å². The molecule has 3 nitrogen and oxygen atoms in total. The third-order valence-electron chi connectivity index (χ3n) is 2.87. The minimum Gasteiger partial charge on any atom is -0.479 e. The molecule has 21 heavy (non-hydrogen) atoms. The maximum Gasteiger partial charge on any atom is 0.265 e. The van der Waals surface area contributed by atoms with Gasteiger partial charge in [0.25, 0.3) is 5.91 Å². The molecule has 110 valence electrons. The molecule has 1 amide bonds. The number of hydrogen-bond acceptors (Lipinski definition) is 2. The van der Waals surface area contributed by atoms with Crippen LogP contribution in [0.1, 0.15) is 12.5 Å². The zero-order chi connectivity index (χ0) is 15.4. The number of nitrogens with one attached hydrogen (secondary N) is 1. The van der Waals surface area contributed by atoms with Crippen LogP contribution in [0.15, 0.2) is 42.5 Å². The summed E-state index contributed by atoms with van der Waals surface area (Å²) in [7, 11) is 0. The second-order valence-electron chi connectivity index (χ2n) is 4.69. The Morgan fingerprint density at radius 3 is 2.57 bits per heavy atom. The largest absolute Gasteiger partial charge is 0.479 e. The summed E-state index contributed by atoms with van der Waals surface area (Å²) in [4.78, 5) is 12.0. The fourth-order valence-corrected chi connectivity index (χ4v) is 1.88. The molecule has 1 atom stereocenters. The van der Waals surface area contributed by atoms with Crippen LogP contribution in [-0.4, -0.2) is 12.0 Å². The molecule has 2 aromatic carbocycles. The van der Waals surface area contributed by atoms with Crippen LogP contribution in [0.5, 0.6) is 5.75 Å². The van der Waals surface area contributed by atoms with Gasteiger partial charge in [-0.2, -0.15) is 0 Å². The van der Waals surface area contributed by atoms with Crippen molar-refractivity contribution in [2.75, 3.05) is 5.32 Å². The van der Waals surface area contributed by atoms with Gasteiger partial charge in [0, 0.05) is 5.69 Å². The lowest BCUT2D eigenvalue weighted by atomic mass is 10.2. The molecule has 0 aliphatic rings. The van der Waals surface area contributed by atoms with Gasteiger partial charge in [0.15, 0.2) is 6.10 Å². The zero-order valence-corrected chi connectivity index (χ0v) is 12.4. The van der Waals surface area contributed by atoms with Crippen molar-refractivity contribution in [2.24, 2.45) is 0 Å². The molecule has 0 saturated carbocycles. The lowest BCUT2D eigenvalue weighted by Gasteiger charge is -2.16. The maximum absolute atomic E-state index is 12.8. The predicted molar refractivity (Wildman–Crippen MR) is 81.3 cm³/mol. The first kappa shape index (κ1) is 15.3. The summed E-state index contributed by atoms with van der Waals surface area (Å²) in [6.45, 7) is 3.53. The van der Waals surface area contributed by atoms with E-state index < -0.39 is 6.10 Å². The average molecular weight is 308 g/mol. The van der Waals surface area contributed by atoms with E-state index in [-0.39, 0.29) is 11.7 Å². The van der Waals surface area contributed by atoms with E-state index in [1.54, 1.807) is 19.1 Å². The van der Waals surface area contributed by atoms with Gasteiger partial charge in [0.1, 0.15) is 11.6 Å². The molecule has 0 heterocycles. The molecule has 0 aliphatic carbocycles. The number of rotatable bonds is 4. The van der Waals surface area contributed by atoms with Gasteiger partial charge in [-0.3, -0.25) is 4.79 Å². The van der Waals surface area contributed by atoms with Crippen LogP contribution in [0.4, 0.5) is 10.1 Å². The molecule has 0 fully saturated rings. The van der Waals surface area contributed by atoms with Crippen LogP contribution in [0.3, 0.4) is 0 Å². The Morgan fingerprint density at radius 1 is 1.24 bits per heavy atom. The van der Waals surface area contributed by atoms with Crippen molar-refractivity contribution in [2.45, 2.75) is 20.0 Å². The molecule has 1 N–H and O–H groups in total. The highest BCUT2D eigenvalue weighted by molar-refractivity contribution is 6.32. The summed E-state index contributed by atoms with van der Waals surface area (Å²) >= 11 is 6.02. The van der Waals surface area contributed by atoms with Crippen LogP contribution < -0.4 is 10.1 Å². The number of ether oxygens (including phenoxy) is 1. The van der Waals surface area contributed by atoms with Crippen LogP contribution in [-0.2, 0) is 4.79 Å². The SMILES string of the molecule is Cc1ccc(Cl)c(O[C@@H](C)C(=O)Nc2ccc(F)cc2)c1. The van der Waals surface area contributed by atoms with Crippen molar-refractivity contribution < 1.29 is 13.9 Å². The minimum absolute atomic E-state index is 0.334. The average Bonchev–Trinajstić information content (AvgIpc) is 2.45. The summed E-state index contributed by atoms with van der Waals surface area (Å²) in [5.74, 6) is -0.235. The fourth-order valence-electron chi connectivity index (χ4n) is 1.72.